The van der Waals surface area contributed by atoms with Gasteiger partial charge in [0.25, 0.3) is 0 Å². The van der Waals surface area contributed by atoms with Crippen molar-refractivity contribution in [3.05, 3.63) is 24.3 Å². The van der Waals surface area contributed by atoms with Crippen LogP contribution >= 0.6 is 0 Å². The Morgan fingerprint density at radius 3 is 2.55 bits per heavy atom. The topological polar surface area (TPSA) is 78.9 Å². The number of likely N-dealkylation sites (N-methyl/N-ethyl adjacent to an activating group) is 1. The zero-order chi connectivity index (χ0) is 15.3. The number of carboxylic acid groups (broad SMARTS) is 1. The molecule has 0 spiro atoms. The summed E-state index contributed by atoms with van der Waals surface area (Å²) in [6, 6.07) is 6.41. The van der Waals surface area contributed by atoms with E-state index in [0.717, 1.165) is 0 Å². The fraction of sp³-hybridized carbons (Fsp3) is 0.429. The van der Waals surface area contributed by atoms with Gasteiger partial charge in [-0.25, -0.2) is 9.59 Å². The van der Waals surface area contributed by atoms with Crippen LogP contribution in [-0.2, 0) is 4.79 Å². The second-order valence-electron chi connectivity index (χ2n) is 4.77. The SMILES string of the molecule is CCN(C(=O)Nc1cccc(OC)c1)C(C)(C)C(=O)O. The summed E-state index contributed by atoms with van der Waals surface area (Å²) in [6.07, 6.45) is 0. The number of benzene rings is 1. The Kier molecular flexibility index (Phi) is 4.96. The fourth-order valence-electron chi connectivity index (χ4n) is 1.80. The van der Waals surface area contributed by atoms with E-state index in [2.05, 4.69) is 5.32 Å². The number of carbonyl (C=O) groups excluding carboxylic acids is 1. The molecule has 110 valence electrons. The molecule has 0 bridgehead atoms. The van der Waals surface area contributed by atoms with Crippen LogP contribution in [0.3, 0.4) is 0 Å². The van der Waals surface area contributed by atoms with Crippen LogP contribution in [0.1, 0.15) is 20.8 Å². The van der Waals surface area contributed by atoms with E-state index in [1.165, 1.54) is 25.9 Å². The number of anilines is 1. The van der Waals surface area contributed by atoms with Gasteiger partial charge in [-0.15, -0.1) is 0 Å². The van der Waals surface area contributed by atoms with Crippen LogP contribution < -0.4 is 10.1 Å². The van der Waals surface area contributed by atoms with Crippen molar-refractivity contribution in [1.82, 2.24) is 4.90 Å². The maximum absolute atomic E-state index is 12.2. The standard InChI is InChI=1S/C14H20N2O4/c1-5-16(14(2,3)12(17)18)13(19)15-10-7-6-8-11(9-10)20-4/h6-9H,5H2,1-4H3,(H,15,19)(H,17,18). The molecule has 1 aromatic rings. The molecule has 0 saturated carbocycles. The van der Waals surface area contributed by atoms with Crippen LogP contribution in [0, 0.1) is 0 Å². The van der Waals surface area contributed by atoms with Crippen molar-refractivity contribution < 1.29 is 19.4 Å². The lowest BCUT2D eigenvalue weighted by Crippen LogP contribution is -2.54. The number of ether oxygens (including phenoxy) is 1. The first-order chi connectivity index (χ1) is 9.32. The molecular weight excluding hydrogens is 260 g/mol. The second-order valence-corrected chi connectivity index (χ2v) is 4.77. The molecule has 6 nitrogen and oxygen atoms in total. The van der Waals surface area contributed by atoms with Crippen molar-refractivity contribution in [1.29, 1.82) is 0 Å². The van der Waals surface area contributed by atoms with Gasteiger partial charge < -0.3 is 20.1 Å². The van der Waals surface area contributed by atoms with Crippen LogP contribution in [0.15, 0.2) is 24.3 Å². The molecule has 2 N–H and O–H groups in total. The molecule has 1 rings (SSSR count). The van der Waals surface area contributed by atoms with Gasteiger partial charge in [0.1, 0.15) is 11.3 Å². The van der Waals surface area contributed by atoms with E-state index in [9.17, 15) is 14.7 Å². The van der Waals surface area contributed by atoms with Gasteiger partial charge in [-0.2, -0.15) is 0 Å². The number of aliphatic carboxylic acids is 1. The Bertz CT molecular complexity index is 500. The predicted molar refractivity (Wildman–Crippen MR) is 76.1 cm³/mol. The Labute approximate surface area is 118 Å². The summed E-state index contributed by atoms with van der Waals surface area (Å²) in [5.41, 5.74) is -0.730. The summed E-state index contributed by atoms with van der Waals surface area (Å²) in [6.45, 7) is 5.00. The fourth-order valence-corrected chi connectivity index (χ4v) is 1.80. The molecule has 0 atom stereocenters. The Hall–Kier alpha value is -2.24. The number of hydrogen-bond acceptors (Lipinski definition) is 3. The first-order valence-corrected chi connectivity index (χ1v) is 6.29. The van der Waals surface area contributed by atoms with Crippen LogP contribution in [-0.4, -0.2) is 41.2 Å². The highest BCUT2D eigenvalue weighted by Gasteiger charge is 2.36. The molecule has 0 aliphatic rings. The van der Waals surface area contributed by atoms with E-state index in [-0.39, 0.29) is 6.54 Å². The van der Waals surface area contributed by atoms with Crippen LogP contribution in [0.5, 0.6) is 5.75 Å². The molecule has 0 aliphatic carbocycles. The third-order valence-electron chi connectivity index (χ3n) is 3.08. The van der Waals surface area contributed by atoms with Crippen molar-refractivity contribution in [3.8, 4) is 5.75 Å². The monoisotopic (exact) mass is 280 g/mol. The summed E-state index contributed by atoms with van der Waals surface area (Å²) in [4.78, 5) is 24.7. The molecule has 0 saturated heterocycles. The highest BCUT2D eigenvalue weighted by atomic mass is 16.5. The van der Waals surface area contributed by atoms with Gasteiger partial charge in [-0.1, -0.05) is 6.07 Å². The average Bonchev–Trinajstić information content (AvgIpc) is 2.39. The zero-order valence-corrected chi connectivity index (χ0v) is 12.1. The lowest BCUT2D eigenvalue weighted by atomic mass is 10.0. The highest BCUT2D eigenvalue weighted by Crippen LogP contribution is 2.20. The summed E-state index contributed by atoms with van der Waals surface area (Å²) < 4.78 is 5.07. The molecular formula is C14H20N2O4. The van der Waals surface area contributed by atoms with E-state index in [4.69, 9.17) is 4.74 Å². The van der Waals surface area contributed by atoms with E-state index < -0.39 is 17.5 Å². The number of nitrogens with one attached hydrogen (secondary N) is 1. The van der Waals surface area contributed by atoms with Gasteiger partial charge in [0, 0.05) is 18.3 Å². The van der Waals surface area contributed by atoms with Crippen LogP contribution in [0.2, 0.25) is 0 Å². The molecule has 20 heavy (non-hydrogen) atoms. The normalized spacial score (nSPS) is 10.8. The van der Waals surface area contributed by atoms with Gasteiger partial charge in [0.05, 0.1) is 7.11 Å². The van der Waals surface area contributed by atoms with Crippen molar-refractivity contribution in [3.63, 3.8) is 0 Å². The summed E-state index contributed by atoms with van der Waals surface area (Å²) >= 11 is 0. The van der Waals surface area contributed by atoms with Gasteiger partial charge in [-0.3, -0.25) is 0 Å². The number of nitrogens with zero attached hydrogens (tertiary/aromatic N) is 1. The predicted octanol–water partition coefficient (Wildman–Crippen LogP) is 2.41. The van der Waals surface area contributed by atoms with E-state index in [1.54, 1.807) is 31.2 Å². The zero-order valence-electron chi connectivity index (χ0n) is 12.1. The van der Waals surface area contributed by atoms with Crippen molar-refractivity contribution in [2.75, 3.05) is 19.0 Å². The maximum atomic E-state index is 12.2. The smallest absolute Gasteiger partial charge is 0.329 e. The summed E-state index contributed by atoms with van der Waals surface area (Å²) in [5, 5.41) is 11.9. The van der Waals surface area contributed by atoms with Gasteiger partial charge >= 0.3 is 12.0 Å². The van der Waals surface area contributed by atoms with E-state index >= 15 is 0 Å². The van der Waals surface area contributed by atoms with Gasteiger partial charge in [0.2, 0.25) is 0 Å². The molecule has 0 fully saturated rings. The molecule has 0 radical (unpaired) electrons. The number of carboxylic acids is 1. The van der Waals surface area contributed by atoms with Gasteiger partial charge in [-0.05, 0) is 32.9 Å². The molecule has 2 amide bonds. The van der Waals surface area contributed by atoms with Crippen LogP contribution in [0.25, 0.3) is 0 Å². The van der Waals surface area contributed by atoms with Crippen molar-refractivity contribution >= 4 is 17.7 Å². The minimum Gasteiger partial charge on any atom is -0.497 e. The molecule has 0 heterocycles. The first kappa shape index (κ1) is 15.8. The third kappa shape index (κ3) is 3.40. The summed E-state index contributed by atoms with van der Waals surface area (Å²) in [5.74, 6) is -0.441. The Morgan fingerprint density at radius 2 is 2.05 bits per heavy atom. The molecule has 0 unspecified atom stereocenters. The third-order valence-corrected chi connectivity index (χ3v) is 3.08. The molecule has 1 aromatic carbocycles. The highest BCUT2D eigenvalue weighted by molar-refractivity contribution is 5.93. The summed E-state index contributed by atoms with van der Waals surface area (Å²) in [7, 11) is 1.53. The molecule has 6 heteroatoms. The number of amides is 2. The number of urea groups is 1. The molecule has 0 aliphatic heterocycles. The second kappa shape index (κ2) is 6.27. The maximum Gasteiger partial charge on any atom is 0.329 e. The largest absolute Gasteiger partial charge is 0.497 e. The van der Waals surface area contributed by atoms with Crippen molar-refractivity contribution in [2.24, 2.45) is 0 Å². The van der Waals surface area contributed by atoms with E-state index in [0.29, 0.717) is 11.4 Å². The van der Waals surface area contributed by atoms with E-state index in [1.807, 2.05) is 0 Å². The number of methoxy groups -OCH3 is 1. The first-order valence-electron chi connectivity index (χ1n) is 6.29. The lowest BCUT2D eigenvalue weighted by molar-refractivity contribution is -0.147. The molecule has 0 aromatic heterocycles. The number of rotatable bonds is 5. The Morgan fingerprint density at radius 1 is 1.40 bits per heavy atom. The average molecular weight is 280 g/mol. The lowest BCUT2D eigenvalue weighted by Gasteiger charge is -2.34. The number of hydrogen-bond donors (Lipinski definition) is 2. The van der Waals surface area contributed by atoms with Crippen LogP contribution in [0.4, 0.5) is 10.5 Å². The minimum absolute atomic E-state index is 0.287. The minimum atomic E-state index is -1.28. The van der Waals surface area contributed by atoms with Gasteiger partial charge in [0.15, 0.2) is 0 Å². The number of carbonyl (C=O) groups is 2. The quantitative estimate of drug-likeness (QED) is 0.868. The Balaban J connectivity index is 2.90. The van der Waals surface area contributed by atoms with Crippen molar-refractivity contribution in [2.45, 2.75) is 26.3 Å².